The standard InChI is InChI=1S/C22H25F3N4O/c1-13(2)18-10-17(22(23,24)25)19-20(28-30-21(19)27-18)15-7-5-9-29(11-15)12-16-8-4-6-14(3)26-16/h4,6,8,10,13,15H,5,7,9,11-12H2,1-3H3/t15-/m0/s1. The van der Waals surface area contributed by atoms with Crippen LogP contribution in [-0.4, -0.2) is 33.1 Å². The molecule has 3 aromatic rings. The molecule has 4 heterocycles. The fourth-order valence-corrected chi connectivity index (χ4v) is 4.13. The van der Waals surface area contributed by atoms with E-state index in [1.54, 1.807) is 0 Å². The molecule has 4 rings (SSSR count). The number of alkyl halides is 3. The van der Waals surface area contributed by atoms with E-state index >= 15 is 0 Å². The van der Waals surface area contributed by atoms with E-state index in [1.807, 2.05) is 39.0 Å². The zero-order chi connectivity index (χ0) is 21.5. The summed E-state index contributed by atoms with van der Waals surface area (Å²) in [6, 6.07) is 7.03. The third-order valence-electron chi connectivity index (χ3n) is 5.61. The van der Waals surface area contributed by atoms with Crippen LogP contribution in [0.25, 0.3) is 11.1 Å². The highest BCUT2D eigenvalue weighted by Crippen LogP contribution is 2.40. The molecule has 8 heteroatoms. The summed E-state index contributed by atoms with van der Waals surface area (Å²) in [6.45, 7) is 7.72. The third kappa shape index (κ3) is 4.19. The van der Waals surface area contributed by atoms with Crippen LogP contribution >= 0.6 is 0 Å². The molecule has 1 aliphatic heterocycles. The highest BCUT2D eigenvalue weighted by Gasteiger charge is 2.38. The van der Waals surface area contributed by atoms with Gasteiger partial charge in [-0.2, -0.15) is 13.2 Å². The number of nitrogens with zero attached hydrogens (tertiary/aromatic N) is 4. The summed E-state index contributed by atoms with van der Waals surface area (Å²) >= 11 is 0. The van der Waals surface area contributed by atoms with Gasteiger partial charge in [0.05, 0.1) is 22.3 Å². The second kappa shape index (κ2) is 7.98. The van der Waals surface area contributed by atoms with Crippen molar-refractivity contribution in [2.75, 3.05) is 13.1 Å². The van der Waals surface area contributed by atoms with Crippen molar-refractivity contribution < 1.29 is 17.7 Å². The lowest BCUT2D eigenvalue weighted by atomic mass is 9.91. The van der Waals surface area contributed by atoms with Crippen LogP contribution in [0.3, 0.4) is 0 Å². The molecule has 3 aromatic heterocycles. The maximum atomic E-state index is 13.9. The summed E-state index contributed by atoms with van der Waals surface area (Å²) in [6.07, 6.45) is -2.85. The van der Waals surface area contributed by atoms with E-state index in [2.05, 4.69) is 20.0 Å². The molecule has 0 aromatic carbocycles. The van der Waals surface area contributed by atoms with E-state index in [0.717, 1.165) is 36.8 Å². The summed E-state index contributed by atoms with van der Waals surface area (Å²) in [5.41, 5.74) is 1.89. The number of fused-ring (bicyclic) bond motifs is 1. The van der Waals surface area contributed by atoms with Gasteiger partial charge in [0, 0.05) is 30.4 Å². The van der Waals surface area contributed by atoms with Crippen LogP contribution in [-0.2, 0) is 12.7 Å². The topological polar surface area (TPSA) is 55.1 Å². The highest BCUT2D eigenvalue weighted by molar-refractivity contribution is 5.81. The molecule has 30 heavy (non-hydrogen) atoms. The Kier molecular flexibility index (Phi) is 5.53. The average molecular weight is 418 g/mol. The molecule has 0 amide bonds. The van der Waals surface area contributed by atoms with Crippen LogP contribution in [0.2, 0.25) is 0 Å². The number of halogens is 3. The minimum Gasteiger partial charge on any atom is -0.336 e. The van der Waals surface area contributed by atoms with Gasteiger partial charge < -0.3 is 4.52 Å². The Hall–Kier alpha value is -2.48. The van der Waals surface area contributed by atoms with E-state index < -0.39 is 11.7 Å². The van der Waals surface area contributed by atoms with Gasteiger partial charge in [0.15, 0.2) is 0 Å². The van der Waals surface area contributed by atoms with Crippen LogP contribution in [0.5, 0.6) is 0 Å². The Morgan fingerprint density at radius 2 is 2.03 bits per heavy atom. The first-order valence-corrected chi connectivity index (χ1v) is 10.2. The Balaban J connectivity index is 1.67. The number of piperidine rings is 1. The largest absolute Gasteiger partial charge is 0.417 e. The maximum absolute atomic E-state index is 13.9. The van der Waals surface area contributed by atoms with E-state index in [9.17, 15) is 13.2 Å². The number of aromatic nitrogens is 3. The fourth-order valence-electron chi connectivity index (χ4n) is 4.13. The molecule has 0 saturated carbocycles. The predicted octanol–water partition coefficient (Wildman–Crippen LogP) is 5.45. The molecule has 5 nitrogen and oxygen atoms in total. The van der Waals surface area contributed by atoms with Crippen LogP contribution in [0, 0.1) is 6.92 Å². The monoisotopic (exact) mass is 418 g/mol. The van der Waals surface area contributed by atoms with Gasteiger partial charge in [0.25, 0.3) is 5.71 Å². The van der Waals surface area contributed by atoms with Gasteiger partial charge >= 0.3 is 6.18 Å². The molecule has 0 unspecified atom stereocenters. The number of hydrogen-bond donors (Lipinski definition) is 0. The van der Waals surface area contributed by atoms with Crippen molar-refractivity contribution in [3.8, 4) is 0 Å². The number of rotatable bonds is 4. The first-order valence-electron chi connectivity index (χ1n) is 10.2. The number of aryl methyl sites for hydroxylation is 1. The second-order valence-corrected chi connectivity index (χ2v) is 8.34. The quantitative estimate of drug-likeness (QED) is 0.564. The molecule has 0 bridgehead atoms. The van der Waals surface area contributed by atoms with Crippen LogP contribution in [0.15, 0.2) is 28.8 Å². The van der Waals surface area contributed by atoms with Crippen molar-refractivity contribution in [3.05, 3.63) is 52.6 Å². The molecular formula is C22H25F3N4O. The van der Waals surface area contributed by atoms with Crippen molar-refractivity contribution in [1.82, 2.24) is 20.0 Å². The zero-order valence-electron chi connectivity index (χ0n) is 17.3. The van der Waals surface area contributed by atoms with E-state index in [1.165, 1.54) is 0 Å². The molecule has 0 N–H and O–H groups in total. The maximum Gasteiger partial charge on any atom is 0.417 e. The number of pyridine rings is 2. The van der Waals surface area contributed by atoms with E-state index in [-0.39, 0.29) is 22.9 Å². The third-order valence-corrected chi connectivity index (χ3v) is 5.61. The van der Waals surface area contributed by atoms with Crippen LogP contribution in [0.4, 0.5) is 13.2 Å². The average Bonchev–Trinajstić information content (AvgIpc) is 3.10. The molecule has 1 atom stereocenters. The summed E-state index contributed by atoms with van der Waals surface area (Å²) < 4.78 is 46.9. The van der Waals surface area contributed by atoms with Gasteiger partial charge in [0.1, 0.15) is 0 Å². The molecule has 160 valence electrons. The second-order valence-electron chi connectivity index (χ2n) is 8.34. The van der Waals surface area contributed by atoms with Gasteiger partial charge in [-0.1, -0.05) is 25.1 Å². The lowest BCUT2D eigenvalue weighted by Gasteiger charge is -2.31. The minimum atomic E-state index is -4.50. The summed E-state index contributed by atoms with van der Waals surface area (Å²) in [5, 5.41) is 4.08. The van der Waals surface area contributed by atoms with Crippen molar-refractivity contribution in [2.45, 2.75) is 58.2 Å². The van der Waals surface area contributed by atoms with Gasteiger partial charge in [-0.25, -0.2) is 4.98 Å². The molecule has 1 fully saturated rings. The first kappa shape index (κ1) is 20.8. The first-order chi connectivity index (χ1) is 14.2. The Bertz CT molecular complexity index is 1040. The van der Waals surface area contributed by atoms with Crippen LogP contribution < -0.4 is 0 Å². The van der Waals surface area contributed by atoms with Crippen molar-refractivity contribution in [1.29, 1.82) is 0 Å². The van der Waals surface area contributed by atoms with Crippen molar-refractivity contribution in [2.24, 2.45) is 0 Å². The van der Waals surface area contributed by atoms with Gasteiger partial charge in [-0.3, -0.25) is 9.88 Å². The SMILES string of the molecule is Cc1cccc(CN2CCC[C@H](c3noc4nc(C(C)C)cc(C(F)(F)F)c34)C2)n1. The van der Waals surface area contributed by atoms with Crippen molar-refractivity contribution in [3.63, 3.8) is 0 Å². The summed E-state index contributed by atoms with van der Waals surface area (Å²) in [4.78, 5) is 11.1. The summed E-state index contributed by atoms with van der Waals surface area (Å²) in [7, 11) is 0. The predicted molar refractivity (Wildman–Crippen MR) is 107 cm³/mol. The minimum absolute atomic E-state index is 0.00688. The highest BCUT2D eigenvalue weighted by atomic mass is 19.4. The lowest BCUT2D eigenvalue weighted by molar-refractivity contribution is -0.136. The molecule has 0 spiro atoms. The number of hydrogen-bond acceptors (Lipinski definition) is 5. The fraction of sp³-hybridized carbons (Fsp3) is 0.500. The molecule has 0 aliphatic carbocycles. The number of likely N-dealkylation sites (tertiary alicyclic amines) is 1. The van der Waals surface area contributed by atoms with E-state index in [0.29, 0.717) is 24.5 Å². The van der Waals surface area contributed by atoms with Gasteiger partial charge in [-0.15, -0.1) is 0 Å². The summed E-state index contributed by atoms with van der Waals surface area (Å²) in [5.74, 6) is -0.284. The Morgan fingerprint density at radius 1 is 1.23 bits per heavy atom. The normalized spacial score (nSPS) is 18.4. The Morgan fingerprint density at radius 3 is 2.73 bits per heavy atom. The Labute approximate surface area is 173 Å². The van der Waals surface area contributed by atoms with Crippen molar-refractivity contribution >= 4 is 11.1 Å². The molecule has 1 aliphatic rings. The van der Waals surface area contributed by atoms with Crippen LogP contribution in [0.1, 0.15) is 66.9 Å². The molecule has 1 saturated heterocycles. The smallest absolute Gasteiger partial charge is 0.336 e. The van der Waals surface area contributed by atoms with E-state index in [4.69, 9.17) is 4.52 Å². The zero-order valence-corrected chi connectivity index (χ0v) is 17.3. The van der Waals surface area contributed by atoms with Gasteiger partial charge in [0.2, 0.25) is 0 Å². The molecule has 0 radical (unpaired) electrons. The van der Waals surface area contributed by atoms with Gasteiger partial charge in [-0.05, 0) is 50.4 Å². The molecular weight excluding hydrogens is 393 g/mol. The lowest BCUT2D eigenvalue weighted by Crippen LogP contribution is -2.34.